The average Bonchev–Trinajstić information content (AvgIpc) is 2.65. The number of nitrogens with zero attached hydrogens (tertiary/aromatic N) is 3. The van der Waals surface area contributed by atoms with Crippen molar-refractivity contribution in [1.82, 2.24) is 0 Å². The molecule has 0 saturated carbocycles. The lowest BCUT2D eigenvalue weighted by Crippen LogP contribution is -2.08. The zero-order valence-electron chi connectivity index (χ0n) is 13.9. The van der Waals surface area contributed by atoms with Gasteiger partial charge in [0.1, 0.15) is 23.9 Å². The van der Waals surface area contributed by atoms with Crippen molar-refractivity contribution in [3.8, 4) is 29.7 Å². The molecule has 0 radical (unpaired) electrons. The minimum atomic E-state index is -4.95. The van der Waals surface area contributed by atoms with Crippen LogP contribution in [0, 0.1) is 49.2 Å². The van der Waals surface area contributed by atoms with Gasteiger partial charge in [-0.1, -0.05) is 0 Å². The molecule has 0 spiro atoms. The summed E-state index contributed by atoms with van der Waals surface area (Å²) in [5, 5.41) is 29.3. The molecule has 146 valence electrons. The highest BCUT2D eigenvalue weighted by Crippen LogP contribution is 2.38. The van der Waals surface area contributed by atoms with E-state index in [1.807, 2.05) is 22.6 Å². The topological polar surface area (TPSA) is 92.6 Å². The maximum atomic E-state index is 14.1. The Hall–Kier alpha value is -3.37. The van der Waals surface area contributed by atoms with Crippen LogP contribution in [0.4, 0.5) is 27.6 Å². The van der Waals surface area contributed by atoms with E-state index in [0.717, 1.165) is 0 Å². The number of hydrogen-bond donors (Lipinski definition) is 1. The number of rotatable bonds is 4. The molecule has 1 N–H and O–H groups in total. The molecule has 0 aliphatic rings. The Bertz CT molecular complexity index is 1080. The van der Waals surface area contributed by atoms with Gasteiger partial charge in [0, 0.05) is 3.57 Å². The molecule has 0 aliphatic carbocycles. The summed E-state index contributed by atoms with van der Waals surface area (Å²) >= 11 is 1.84. The number of anilines is 1. The van der Waals surface area contributed by atoms with Crippen molar-refractivity contribution in [1.29, 1.82) is 15.8 Å². The van der Waals surface area contributed by atoms with Gasteiger partial charge < -0.3 is 10.1 Å². The fourth-order valence-electron chi connectivity index (χ4n) is 2.03. The average molecular weight is 516 g/mol. The first-order valence-electron chi connectivity index (χ1n) is 7.36. The lowest BCUT2D eigenvalue weighted by Gasteiger charge is -2.15. The third kappa shape index (κ3) is 5.12. The van der Waals surface area contributed by atoms with Gasteiger partial charge in [-0.2, -0.15) is 29.0 Å². The van der Waals surface area contributed by atoms with Crippen LogP contribution in [0.15, 0.2) is 41.6 Å². The van der Waals surface area contributed by atoms with E-state index in [2.05, 4.69) is 5.32 Å². The molecule has 2 aromatic carbocycles. The first kappa shape index (κ1) is 21.9. The monoisotopic (exact) mass is 516 g/mol. The number of benzene rings is 2. The van der Waals surface area contributed by atoms with Crippen LogP contribution < -0.4 is 10.1 Å². The molecule has 0 fully saturated rings. The standard InChI is InChI=1S/C18H6F5IN4O/c19-12-3-10(18(21,22)23)4-13(20)17(12)29-16-5-11(24)1-2-14(16)28-15(8-27)9(6-25)7-26/h1-5,28H. The van der Waals surface area contributed by atoms with Crippen molar-refractivity contribution in [2.24, 2.45) is 0 Å². The van der Waals surface area contributed by atoms with Crippen LogP contribution in [0.2, 0.25) is 0 Å². The van der Waals surface area contributed by atoms with E-state index in [0.29, 0.717) is 3.57 Å². The molecule has 0 amide bonds. The van der Waals surface area contributed by atoms with Crippen LogP contribution in [0.3, 0.4) is 0 Å². The minimum absolute atomic E-state index is 0.0522. The van der Waals surface area contributed by atoms with Crippen molar-refractivity contribution >= 4 is 28.3 Å². The van der Waals surface area contributed by atoms with Crippen LogP contribution in [-0.2, 0) is 6.18 Å². The SMILES string of the molecule is N#CC(C#N)=C(C#N)Nc1ccc(I)cc1Oc1c(F)cc(C(F)(F)F)cc1F. The summed E-state index contributed by atoms with van der Waals surface area (Å²) in [6, 6.07) is 8.92. The Morgan fingerprint density at radius 3 is 2.03 bits per heavy atom. The van der Waals surface area contributed by atoms with Crippen LogP contribution in [-0.4, -0.2) is 0 Å². The minimum Gasteiger partial charge on any atom is -0.449 e. The number of alkyl halides is 3. The van der Waals surface area contributed by atoms with Gasteiger partial charge in [0.05, 0.1) is 11.3 Å². The van der Waals surface area contributed by atoms with Crippen LogP contribution >= 0.6 is 22.6 Å². The molecular formula is C18H6F5IN4O. The van der Waals surface area contributed by atoms with Crippen molar-refractivity contribution in [3.05, 3.63) is 62.4 Å². The molecule has 11 heteroatoms. The van der Waals surface area contributed by atoms with Gasteiger partial charge in [0.15, 0.2) is 28.7 Å². The molecule has 0 saturated heterocycles. The van der Waals surface area contributed by atoms with Crippen LogP contribution in [0.25, 0.3) is 0 Å². The molecule has 0 aliphatic heterocycles. The molecular weight excluding hydrogens is 510 g/mol. The first-order chi connectivity index (χ1) is 13.6. The summed E-state index contributed by atoms with van der Waals surface area (Å²) in [6.45, 7) is 0. The molecule has 2 aromatic rings. The van der Waals surface area contributed by atoms with Gasteiger partial charge >= 0.3 is 6.18 Å². The molecule has 29 heavy (non-hydrogen) atoms. The number of halogens is 6. The molecule has 0 unspecified atom stereocenters. The Kier molecular flexibility index (Phi) is 6.62. The molecule has 2 rings (SSSR count). The highest BCUT2D eigenvalue weighted by Gasteiger charge is 2.33. The van der Waals surface area contributed by atoms with Gasteiger partial charge in [0.2, 0.25) is 0 Å². The van der Waals surface area contributed by atoms with Crippen molar-refractivity contribution in [2.45, 2.75) is 6.18 Å². The van der Waals surface area contributed by atoms with Gasteiger partial charge in [-0.3, -0.25) is 0 Å². The van der Waals surface area contributed by atoms with E-state index in [1.54, 1.807) is 6.07 Å². The van der Waals surface area contributed by atoms with Crippen molar-refractivity contribution in [2.75, 3.05) is 5.32 Å². The zero-order chi connectivity index (χ0) is 21.8. The maximum absolute atomic E-state index is 14.1. The lowest BCUT2D eigenvalue weighted by atomic mass is 10.2. The van der Waals surface area contributed by atoms with E-state index in [-0.39, 0.29) is 23.6 Å². The van der Waals surface area contributed by atoms with E-state index >= 15 is 0 Å². The number of allylic oxidation sites excluding steroid dienone is 2. The van der Waals surface area contributed by atoms with Crippen LogP contribution in [0.1, 0.15) is 5.56 Å². The summed E-state index contributed by atoms with van der Waals surface area (Å²) in [5.41, 5.74) is -2.58. The Morgan fingerprint density at radius 1 is 0.966 bits per heavy atom. The summed E-state index contributed by atoms with van der Waals surface area (Å²) in [7, 11) is 0. The quantitative estimate of drug-likeness (QED) is 0.324. The predicted molar refractivity (Wildman–Crippen MR) is 98.1 cm³/mol. The maximum Gasteiger partial charge on any atom is 0.416 e. The zero-order valence-corrected chi connectivity index (χ0v) is 16.1. The number of nitrogens with one attached hydrogen (secondary N) is 1. The molecule has 0 aromatic heterocycles. The predicted octanol–water partition coefficient (Wildman–Crippen LogP) is 5.62. The summed E-state index contributed by atoms with van der Waals surface area (Å²) in [5.74, 6) is -4.52. The Labute approximate surface area is 174 Å². The van der Waals surface area contributed by atoms with E-state index < -0.39 is 40.4 Å². The van der Waals surface area contributed by atoms with E-state index in [4.69, 9.17) is 20.5 Å². The van der Waals surface area contributed by atoms with Gasteiger partial charge in [-0.05, 0) is 52.9 Å². The normalized spacial score (nSPS) is 10.3. The lowest BCUT2D eigenvalue weighted by molar-refractivity contribution is -0.138. The van der Waals surface area contributed by atoms with Gasteiger partial charge in [-0.25, -0.2) is 8.78 Å². The highest BCUT2D eigenvalue weighted by atomic mass is 127. The summed E-state index contributed by atoms with van der Waals surface area (Å²) in [4.78, 5) is 0. The Balaban J connectivity index is 2.52. The molecule has 0 heterocycles. The summed E-state index contributed by atoms with van der Waals surface area (Å²) < 4.78 is 71.9. The summed E-state index contributed by atoms with van der Waals surface area (Å²) in [6.07, 6.45) is -4.95. The number of nitriles is 3. The molecule has 5 nitrogen and oxygen atoms in total. The fourth-order valence-corrected chi connectivity index (χ4v) is 2.50. The largest absolute Gasteiger partial charge is 0.449 e. The van der Waals surface area contributed by atoms with Gasteiger partial charge in [0.25, 0.3) is 0 Å². The highest BCUT2D eigenvalue weighted by molar-refractivity contribution is 14.1. The first-order valence-corrected chi connectivity index (χ1v) is 8.43. The fraction of sp³-hybridized carbons (Fsp3) is 0.0556. The third-order valence-corrected chi connectivity index (χ3v) is 4.00. The third-order valence-electron chi connectivity index (χ3n) is 3.33. The molecule has 0 atom stereocenters. The second-order valence-electron chi connectivity index (χ2n) is 5.22. The number of ether oxygens (including phenoxy) is 1. The van der Waals surface area contributed by atoms with Gasteiger partial charge in [-0.15, -0.1) is 0 Å². The molecule has 0 bridgehead atoms. The Morgan fingerprint density at radius 2 is 1.55 bits per heavy atom. The van der Waals surface area contributed by atoms with Crippen molar-refractivity contribution in [3.63, 3.8) is 0 Å². The number of hydrogen-bond acceptors (Lipinski definition) is 5. The van der Waals surface area contributed by atoms with E-state index in [9.17, 15) is 22.0 Å². The second-order valence-corrected chi connectivity index (χ2v) is 6.47. The van der Waals surface area contributed by atoms with Crippen molar-refractivity contribution < 1.29 is 26.7 Å². The van der Waals surface area contributed by atoms with E-state index in [1.165, 1.54) is 30.3 Å². The smallest absolute Gasteiger partial charge is 0.416 e. The van der Waals surface area contributed by atoms with Crippen LogP contribution in [0.5, 0.6) is 11.5 Å². The second kappa shape index (κ2) is 8.76.